The largest absolute Gasteiger partial charge is 0.459 e. The topological polar surface area (TPSA) is 198 Å². The van der Waals surface area contributed by atoms with Gasteiger partial charge in [0.1, 0.15) is 30.5 Å². The molecule has 4 heterocycles. The van der Waals surface area contributed by atoms with Crippen LogP contribution in [-0.4, -0.2) is 154 Å². The SMILES string of the molecule is CC[C@H]1OC(=O)[C@H](C)[C@@H](OC2C[C@@](C)(OC)[C@@H](O)[C@H](C)O2)[C@H](C)[C@@H](O[C@@H]2O[C@H](C)C[C@H](N(C)C)[C@H]2O)C(C)(O)C[C@@H](C)/C(=N\OCCc2cccs2)[C@H](C)[C@@H](O)[C@]1(C)O. The number of hydrogen-bond acceptors (Lipinski definition) is 16. The third kappa shape index (κ3) is 11.6. The van der Waals surface area contributed by atoms with Gasteiger partial charge in [0.15, 0.2) is 12.6 Å². The van der Waals surface area contributed by atoms with E-state index >= 15 is 0 Å². The highest BCUT2D eigenvalue weighted by molar-refractivity contribution is 7.09. The van der Waals surface area contributed by atoms with Crippen LogP contribution in [0, 0.1) is 23.7 Å². The van der Waals surface area contributed by atoms with Gasteiger partial charge in [-0.2, -0.15) is 0 Å². The second-order valence-electron chi connectivity index (χ2n) is 18.2. The first-order chi connectivity index (χ1) is 27.5. The highest BCUT2D eigenvalue weighted by atomic mass is 32.1. The Morgan fingerprint density at radius 3 is 2.24 bits per heavy atom. The molecule has 1 aromatic rings. The molecule has 4 rings (SSSR count). The van der Waals surface area contributed by atoms with Gasteiger partial charge in [0.05, 0.1) is 53.4 Å². The zero-order valence-electron chi connectivity index (χ0n) is 37.4. The average Bonchev–Trinajstić information content (AvgIpc) is 3.69. The first-order valence-electron chi connectivity index (χ1n) is 21.2. The molecule has 0 saturated carbocycles. The van der Waals surface area contributed by atoms with Crippen molar-refractivity contribution in [3.63, 3.8) is 0 Å². The summed E-state index contributed by atoms with van der Waals surface area (Å²) in [6, 6.07) is 3.65. The van der Waals surface area contributed by atoms with Crippen molar-refractivity contribution in [1.82, 2.24) is 4.90 Å². The monoisotopic (exact) mass is 858 g/mol. The maximum Gasteiger partial charge on any atom is 0.311 e. The van der Waals surface area contributed by atoms with Crippen molar-refractivity contribution in [2.24, 2.45) is 28.8 Å². The quantitative estimate of drug-likeness (QED) is 0.122. The summed E-state index contributed by atoms with van der Waals surface area (Å²) in [5.74, 6) is -3.98. The number of ether oxygens (including phenoxy) is 6. The summed E-state index contributed by atoms with van der Waals surface area (Å²) < 4.78 is 37.8. The predicted molar refractivity (Wildman–Crippen MR) is 223 cm³/mol. The highest BCUT2D eigenvalue weighted by Crippen LogP contribution is 2.41. The maximum absolute atomic E-state index is 14.4. The molecule has 340 valence electrons. The molecule has 0 aliphatic carbocycles. The molecule has 18 atom stereocenters. The smallest absolute Gasteiger partial charge is 0.311 e. The summed E-state index contributed by atoms with van der Waals surface area (Å²) in [5.41, 5.74) is -4.34. The number of aliphatic hydroxyl groups is 5. The Morgan fingerprint density at radius 1 is 0.966 bits per heavy atom. The molecule has 3 aliphatic rings. The first-order valence-corrected chi connectivity index (χ1v) is 22.1. The lowest BCUT2D eigenvalue weighted by molar-refractivity contribution is -0.317. The Morgan fingerprint density at radius 2 is 1.64 bits per heavy atom. The van der Waals surface area contributed by atoms with Crippen molar-refractivity contribution < 1.29 is 63.6 Å². The Hall–Kier alpha value is -1.80. The third-order valence-corrected chi connectivity index (χ3v) is 14.0. The van der Waals surface area contributed by atoms with Crippen molar-refractivity contribution in [2.45, 2.75) is 186 Å². The van der Waals surface area contributed by atoms with E-state index in [1.165, 1.54) is 14.0 Å². The van der Waals surface area contributed by atoms with Gasteiger partial charge in [-0.05, 0) is 86.3 Å². The summed E-state index contributed by atoms with van der Waals surface area (Å²) in [6.07, 6.45) is -8.62. The van der Waals surface area contributed by atoms with Gasteiger partial charge in [0, 0.05) is 48.6 Å². The lowest BCUT2D eigenvalue weighted by atomic mass is 9.73. The van der Waals surface area contributed by atoms with Crippen LogP contribution in [0.4, 0.5) is 0 Å². The number of carbonyl (C=O) groups is 1. The number of hydrogen-bond donors (Lipinski definition) is 5. The van der Waals surface area contributed by atoms with Crippen LogP contribution in [-0.2, 0) is 44.5 Å². The van der Waals surface area contributed by atoms with E-state index in [1.807, 2.05) is 50.4 Å². The van der Waals surface area contributed by atoms with E-state index in [1.54, 1.807) is 59.8 Å². The van der Waals surface area contributed by atoms with E-state index in [9.17, 15) is 30.3 Å². The molecular weight excluding hydrogens is 785 g/mol. The van der Waals surface area contributed by atoms with Crippen LogP contribution in [0.1, 0.15) is 99.8 Å². The van der Waals surface area contributed by atoms with E-state index in [0.717, 1.165) is 4.88 Å². The number of likely N-dealkylation sites (N-methyl/N-ethyl adjacent to an activating group) is 1. The van der Waals surface area contributed by atoms with E-state index in [0.29, 0.717) is 18.6 Å². The molecule has 3 fully saturated rings. The molecule has 2 unspecified atom stereocenters. The zero-order valence-corrected chi connectivity index (χ0v) is 38.3. The standard InChI is InChI=1S/C43H74N2O13S/c1-14-31-43(10,51)36(47)25(4)33(44-53-18-17-29-16-15-19-59-29)23(2)21-41(8,50)38(58-40-34(46)30(45(11)12)20-24(3)54-40)26(5)35(27(6)39(49)56-31)57-32-22-42(9,52-13)37(48)28(7)55-32/h15-16,19,23-28,30-32,34-38,40,46-48,50-51H,14,17-18,20-22H2,1-13H3/b44-33+/t23-,24-,25+,26+,27-,28+,30+,31-,32?,34-,35+,36-,37+,38-,40+,41?,42-,43-/m1/s1. The molecule has 59 heavy (non-hydrogen) atoms. The van der Waals surface area contributed by atoms with E-state index in [2.05, 4.69) is 5.16 Å². The Kier molecular flexibility index (Phi) is 17.4. The van der Waals surface area contributed by atoms with Crippen molar-refractivity contribution in [1.29, 1.82) is 0 Å². The Balaban J connectivity index is 1.85. The molecule has 5 N–H and O–H groups in total. The first kappa shape index (κ1) is 49.9. The molecule has 15 nitrogen and oxygen atoms in total. The Labute approximate surface area is 355 Å². The lowest BCUT2D eigenvalue weighted by Gasteiger charge is -2.49. The molecular formula is C43H74N2O13S. The van der Waals surface area contributed by atoms with Gasteiger partial charge in [0.25, 0.3) is 0 Å². The molecule has 1 aromatic heterocycles. The molecule has 0 amide bonds. The number of rotatable bonds is 11. The van der Waals surface area contributed by atoms with Crippen LogP contribution in [0.2, 0.25) is 0 Å². The van der Waals surface area contributed by atoms with Crippen LogP contribution < -0.4 is 0 Å². The number of nitrogens with zero attached hydrogens (tertiary/aromatic N) is 2. The van der Waals surface area contributed by atoms with Gasteiger partial charge < -0.3 is 63.7 Å². The summed E-state index contributed by atoms with van der Waals surface area (Å²) >= 11 is 1.60. The van der Waals surface area contributed by atoms with Gasteiger partial charge in [-0.1, -0.05) is 38.9 Å². The van der Waals surface area contributed by atoms with Crippen molar-refractivity contribution >= 4 is 23.0 Å². The van der Waals surface area contributed by atoms with Gasteiger partial charge in [-0.25, -0.2) is 0 Å². The van der Waals surface area contributed by atoms with Crippen molar-refractivity contribution in [3.05, 3.63) is 22.4 Å². The molecule has 0 radical (unpaired) electrons. The molecule has 0 aromatic carbocycles. The second-order valence-corrected chi connectivity index (χ2v) is 19.3. The summed E-state index contributed by atoms with van der Waals surface area (Å²) in [5, 5.41) is 66.0. The fourth-order valence-corrected chi connectivity index (χ4v) is 10.0. The zero-order chi connectivity index (χ0) is 44.2. The number of aliphatic hydroxyl groups excluding tert-OH is 3. The number of carbonyl (C=O) groups excluding carboxylic acids is 1. The third-order valence-electron chi connectivity index (χ3n) is 13.0. The number of cyclic esters (lactones) is 1. The molecule has 3 saturated heterocycles. The van der Waals surface area contributed by atoms with Crippen LogP contribution in [0.25, 0.3) is 0 Å². The minimum absolute atomic E-state index is 0.0114. The number of thiophene rings is 1. The maximum atomic E-state index is 14.4. The summed E-state index contributed by atoms with van der Waals surface area (Å²) in [4.78, 5) is 23.3. The van der Waals surface area contributed by atoms with Gasteiger partial charge in [-0.3, -0.25) is 4.79 Å². The van der Waals surface area contributed by atoms with Crippen LogP contribution in [0.15, 0.2) is 22.7 Å². The van der Waals surface area contributed by atoms with Gasteiger partial charge in [0.2, 0.25) is 0 Å². The molecule has 16 heteroatoms. The average molecular weight is 859 g/mol. The molecule has 0 spiro atoms. The van der Waals surface area contributed by atoms with Crippen LogP contribution >= 0.6 is 11.3 Å². The second kappa shape index (κ2) is 20.6. The van der Waals surface area contributed by atoms with Gasteiger partial charge in [-0.15, -0.1) is 11.3 Å². The minimum atomic E-state index is -1.94. The number of oxime groups is 1. The Bertz CT molecular complexity index is 1500. The van der Waals surface area contributed by atoms with Gasteiger partial charge >= 0.3 is 5.97 Å². The fraction of sp³-hybridized carbons (Fsp3) is 0.860. The minimum Gasteiger partial charge on any atom is -0.459 e. The highest BCUT2D eigenvalue weighted by Gasteiger charge is 2.53. The molecule has 0 bridgehead atoms. The van der Waals surface area contributed by atoms with Crippen molar-refractivity contribution in [3.8, 4) is 0 Å². The summed E-state index contributed by atoms with van der Waals surface area (Å²) in [7, 11) is 5.25. The van der Waals surface area contributed by atoms with Crippen LogP contribution in [0.5, 0.6) is 0 Å². The lowest BCUT2D eigenvalue weighted by Crippen LogP contribution is -2.61. The van der Waals surface area contributed by atoms with E-state index < -0.39 is 102 Å². The van der Waals surface area contributed by atoms with Crippen molar-refractivity contribution in [2.75, 3.05) is 27.8 Å². The van der Waals surface area contributed by atoms with E-state index in [4.69, 9.17) is 33.3 Å². The predicted octanol–water partition coefficient (Wildman–Crippen LogP) is 3.89. The number of methoxy groups -OCH3 is 1. The van der Waals surface area contributed by atoms with Crippen LogP contribution in [0.3, 0.4) is 0 Å². The summed E-state index contributed by atoms with van der Waals surface area (Å²) in [6.45, 7) is 17.4. The molecule has 3 aliphatic heterocycles. The fourth-order valence-electron chi connectivity index (χ4n) is 9.31. The number of esters is 1. The normalized spacial score (nSPS) is 45.2. The van der Waals surface area contributed by atoms with E-state index in [-0.39, 0.29) is 38.0 Å².